The minimum absolute atomic E-state index is 0.0691. The number of rotatable bonds is 14. The summed E-state index contributed by atoms with van der Waals surface area (Å²) in [5.41, 5.74) is 0.129. The highest BCUT2D eigenvalue weighted by atomic mass is 35.5. The quantitative estimate of drug-likeness (QED) is 0.139. The van der Waals surface area contributed by atoms with Crippen molar-refractivity contribution in [2.45, 2.75) is 123 Å². The average molecular weight is 786 g/mol. The Bertz CT molecular complexity index is 1670. The summed E-state index contributed by atoms with van der Waals surface area (Å²) in [5.74, 6) is 0.381. The molecule has 304 valence electrons. The average Bonchev–Trinajstić information content (AvgIpc) is 3.14. The first-order chi connectivity index (χ1) is 26.1. The normalized spacial score (nSPS) is 17.4. The second kappa shape index (κ2) is 19.3. The zero-order valence-corrected chi connectivity index (χ0v) is 34.9. The highest BCUT2D eigenvalue weighted by molar-refractivity contribution is 6.34. The second-order valence-electron chi connectivity index (χ2n) is 15.6. The fourth-order valence-electron chi connectivity index (χ4n) is 7.36. The Kier molecular flexibility index (Phi) is 15.4. The predicted octanol–water partition coefficient (Wildman–Crippen LogP) is 7.86. The van der Waals surface area contributed by atoms with Crippen molar-refractivity contribution in [3.63, 3.8) is 0 Å². The summed E-state index contributed by atoms with van der Waals surface area (Å²) < 4.78 is 26.7. The zero-order valence-electron chi connectivity index (χ0n) is 34.1. The van der Waals surface area contributed by atoms with Gasteiger partial charge in [-0.25, -0.2) is 4.79 Å². The van der Waals surface area contributed by atoms with Crippen LogP contribution in [0, 0.1) is 0 Å². The van der Waals surface area contributed by atoms with Gasteiger partial charge in [-0.3, -0.25) is 14.4 Å². The molecule has 0 saturated heterocycles. The Morgan fingerprint density at radius 3 is 1.84 bits per heavy atom. The molecular formula is C42H60ClN3O9. The van der Waals surface area contributed by atoms with Gasteiger partial charge in [0.05, 0.1) is 34.6 Å². The fraction of sp³-hybridized carbons (Fsp3) is 0.619. The van der Waals surface area contributed by atoms with Crippen LogP contribution in [0.15, 0.2) is 30.3 Å². The smallest absolute Gasteiger partial charge is 0.337 e. The van der Waals surface area contributed by atoms with E-state index in [9.17, 15) is 19.2 Å². The number of nitrogens with zero attached hydrogens (tertiary/aromatic N) is 3. The Balaban J connectivity index is 0.000000258. The van der Waals surface area contributed by atoms with Crippen LogP contribution in [0.2, 0.25) is 5.02 Å². The van der Waals surface area contributed by atoms with E-state index in [0.717, 1.165) is 51.4 Å². The van der Waals surface area contributed by atoms with Gasteiger partial charge in [0.1, 0.15) is 11.5 Å². The van der Waals surface area contributed by atoms with Crippen molar-refractivity contribution in [1.82, 2.24) is 4.90 Å². The summed E-state index contributed by atoms with van der Waals surface area (Å²) in [7, 11) is 4.65. The maximum absolute atomic E-state index is 13.7. The molecule has 55 heavy (non-hydrogen) atoms. The SMILES string of the molecule is COCCCCN1C(=O)C(C)(C)Oc2cc(Cl)c(C(=O)N(C(C)C)C3CCCCC3)cc21.COCCCCN1C(=O)C(C)(C)Oc2ccc(C(=O)OC)cc21. The first-order valence-corrected chi connectivity index (χ1v) is 19.8. The number of fused-ring (bicyclic) bond motifs is 2. The van der Waals surface area contributed by atoms with Crippen molar-refractivity contribution in [3.05, 3.63) is 46.5 Å². The Morgan fingerprint density at radius 1 is 0.800 bits per heavy atom. The molecule has 0 spiro atoms. The van der Waals surface area contributed by atoms with Crippen LogP contribution in [-0.4, -0.2) is 99.5 Å². The predicted molar refractivity (Wildman–Crippen MR) is 214 cm³/mol. The van der Waals surface area contributed by atoms with E-state index in [2.05, 4.69) is 13.8 Å². The molecule has 0 unspecified atom stereocenters. The molecule has 5 rings (SSSR count). The molecule has 0 atom stereocenters. The van der Waals surface area contributed by atoms with Crippen LogP contribution in [-0.2, 0) is 23.8 Å². The lowest BCUT2D eigenvalue weighted by Gasteiger charge is -2.40. The number of hydrogen-bond donors (Lipinski definition) is 0. The maximum Gasteiger partial charge on any atom is 0.337 e. The van der Waals surface area contributed by atoms with E-state index < -0.39 is 17.2 Å². The number of esters is 1. The summed E-state index contributed by atoms with van der Waals surface area (Å²) in [6.07, 6.45) is 8.86. The van der Waals surface area contributed by atoms with Crippen LogP contribution < -0.4 is 19.3 Å². The topological polar surface area (TPSA) is 124 Å². The summed E-state index contributed by atoms with van der Waals surface area (Å²) in [4.78, 5) is 56.7. The summed E-state index contributed by atoms with van der Waals surface area (Å²) in [6, 6.07) is 8.73. The third-order valence-corrected chi connectivity index (χ3v) is 10.5. The van der Waals surface area contributed by atoms with Crippen molar-refractivity contribution in [1.29, 1.82) is 0 Å². The first-order valence-electron chi connectivity index (χ1n) is 19.5. The van der Waals surface area contributed by atoms with Gasteiger partial charge in [-0.15, -0.1) is 0 Å². The number of carbonyl (C=O) groups excluding carboxylic acids is 4. The van der Waals surface area contributed by atoms with Crippen LogP contribution in [0.4, 0.5) is 11.4 Å². The van der Waals surface area contributed by atoms with E-state index in [0.29, 0.717) is 65.3 Å². The van der Waals surface area contributed by atoms with Gasteiger partial charge in [0, 0.05) is 58.7 Å². The number of carbonyl (C=O) groups is 4. The summed E-state index contributed by atoms with van der Waals surface area (Å²) in [6.45, 7) is 13.5. The fourth-order valence-corrected chi connectivity index (χ4v) is 7.60. The van der Waals surface area contributed by atoms with Crippen LogP contribution in [0.3, 0.4) is 0 Å². The second-order valence-corrected chi connectivity index (χ2v) is 16.0. The number of anilines is 2. The van der Waals surface area contributed by atoms with E-state index in [-0.39, 0.29) is 29.8 Å². The maximum atomic E-state index is 13.7. The van der Waals surface area contributed by atoms with Crippen LogP contribution in [0.5, 0.6) is 11.5 Å². The molecule has 1 fully saturated rings. The number of hydrogen-bond acceptors (Lipinski definition) is 9. The van der Waals surface area contributed by atoms with Gasteiger partial charge in [-0.05, 0) is 104 Å². The van der Waals surface area contributed by atoms with Gasteiger partial charge >= 0.3 is 5.97 Å². The molecule has 3 aliphatic rings. The number of amides is 3. The third-order valence-electron chi connectivity index (χ3n) is 10.2. The third kappa shape index (κ3) is 10.5. The minimum atomic E-state index is -0.991. The van der Waals surface area contributed by atoms with Gasteiger partial charge in [0.15, 0.2) is 11.2 Å². The highest BCUT2D eigenvalue weighted by Gasteiger charge is 2.43. The van der Waals surface area contributed by atoms with Gasteiger partial charge in [0.2, 0.25) is 0 Å². The van der Waals surface area contributed by atoms with E-state index in [4.69, 9.17) is 35.3 Å². The van der Waals surface area contributed by atoms with Gasteiger partial charge in [-0.1, -0.05) is 30.9 Å². The zero-order chi connectivity index (χ0) is 40.5. The lowest BCUT2D eigenvalue weighted by Crippen LogP contribution is -2.53. The number of benzene rings is 2. The lowest BCUT2D eigenvalue weighted by molar-refractivity contribution is -0.133. The van der Waals surface area contributed by atoms with Crippen molar-refractivity contribution in [2.24, 2.45) is 0 Å². The van der Waals surface area contributed by atoms with Crippen LogP contribution in [0.25, 0.3) is 0 Å². The Morgan fingerprint density at radius 2 is 1.33 bits per heavy atom. The van der Waals surface area contributed by atoms with E-state index >= 15 is 0 Å². The standard InChI is InChI=1S/C25H37ClN2O4.C17H23NO5/c1-17(2)28(18-11-7-6-8-12-18)23(29)19-15-21-22(16-20(19)26)32-25(3,4)24(30)27(21)13-9-10-14-31-5;1-17(2)16(20)18(9-5-6-10-21-3)13-11-12(15(19)22-4)7-8-14(13)23-17/h15-18H,6-14H2,1-5H3;7-8,11H,5-6,9-10H2,1-4H3. The van der Waals surface area contributed by atoms with Gasteiger partial charge in [0.25, 0.3) is 17.7 Å². The van der Waals surface area contributed by atoms with E-state index in [1.165, 1.54) is 13.5 Å². The molecule has 13 heteroatoms. The molecule has 0 bridgehead atoms. The summed E-state index contributed by atoms with van der Waals surface area (Å²) in [5, 5.41) is 0.361. The number of ether oxygens (including phenoxy) is 5. The van der Waals surface area contributed by atoms with Crippen molar-refractivity contribution in [2.75, 3.05) is 57.4 Å². The largest absolute Gasteiger partial charge is 0.476 e. The van der Waals surface area contributed by atoms with Crippen molar-refractivity contribution in [3.8, 4) is 11.5 Å². The number of unbranched alkanes of at least 4 members (excludes halogenated alkanes) is 2. The van der Waals surface area contributed by atoms with Gasteiger partial charge < -0.3 is 38.4 Å². The van der Waals surface area contributed by atoms with Crippen LogP contribution >= 0.6 is 11.6 Å². The lowest BCUT2D eigenvalue weighted by atomic mass is 9.92. The molecule has 2 heterocycles. The molecule has 2 aliphatic heterocycles. The molecule has 0 radical (unpaired) electrons. The van der Waals surface area contributed by atoms with Crippen LogP contribution in [0.1, 0.15) is 120 Å². The first kappa shape index (κ1) is 43.9. The molecule has 0 N–H and O–H groups in total. The van der Waals surface area contributed by atoms with Crippen molar-refractivity contribution >= 4 is 46.7 Å². The van der Waals surface area contributed by atoms with Crippen molar-refractivity contribution < 1.29 is 42.9 Å². The monoisotopic (exact) mass is 785 g/mol. The summed E-state index contributed by atoms with van der Waals surface area (Å²) >= 11 is 6.62. The molecule has 0 aromatic heterocycles. The molecule has 12 nitrogen and oxygen atoms in total. The molecule has 1 aliphatic carbocycles. The Labute approximate surface area is 331 Å². The highest BCUT2D eigenvalue weighted by Crippen LogP contribution is 2.42. The molecule has 2 aromatic rings. The number of halogens is 1. The molecular weight excluding hydrogens is 726 g/mol. The van der Waals surface area contributed by atoms with E-state index in [1.807, 2.05) is 4.90 Å². The van der Waals surface area contributed by atoms with Gasteiger partial charge in [-0.2, -0.15) is 0 Å². The molecule has 2 aromatic carbocycles. The minimum Gasteiger partial charge on any atom is -0.476 e. The number of methoxy groups -OCH3 is 3. The van der Waals surface area contributed by atoms with E-state index in [1.54, 1.807) is 82.0 Å². The Hall–Kier alpha value is -3.87. The molecule has 1 saturated carbocycles. The molecule has 3 amide bonds.